The number of rotatable bonds is 3. The van der Waals surface area contributed by atoms with Gasteiger partial charge in [-0.1, -0.05) is 43.6 Å². The van der Waals surface area contributed by atoms with E-state index in [1.807, 2.05) is 55.9 Å². The molecule has 0 radical (unpaired) electrons. The molecule has 190 valence electrons. The summed E-state index contributed by atoms with van der Waals surface area (Å²) in [6, 6.07) is 13.6. The monoisotopic (exact) mass is 515 g/mol. The van der Waals surface area contributed by atoms with Gasteiger partial charge in [0.1, 0.15) is 11.6 Å². The summed E-state index contributed by atoms with van der Waals surface area (Å²) in [7, 11) is 0. The summed E-state index contributed by atoms with van der Waals surface area (Å²) >= 11 is 6.16. The van der Waals surface area contributed by atoms with Crippen LogP contribution >= 0.6 is 11.6 Å². The van der Waals surface area contributed by atoms with E-state index >= 15 is 4.39 Å². The van der Waals surface area contributed by atoms with Crippen LogP contribution in [0.4, 0.5) is 10.2 Å². The maximum Gasteiger partial charge on any atom is 0.134 e. The first-order valence-corrected chi connectivity index (χ1v) is 13.1. The molecule has 0 amide bonds. The minimum Gasteiger partial charge on any atom is -0.361 e. The Bertz CT molecular complexity index is 1580. The predicted octanol–water partition coefficient (Wildman–Crippen LogP) is 7.72. The topological polar surface area (TPSA) is 49.7 Å². The van der Waals surface area contributed by atoms with Crippen molar-refractivity contribution < 1.29 is 4.39 Å². The van der Waals surface area contributed by atoms with Crippen molar-refractivity contribution in [2.75, 3.05) is 11.4 Å². The first kappa shape index (κ1) is 25.0. The quantitative estimate of drug-likeness (QED) is 0.267. The number of hydrogen-bond acceptors (Lipinski definition) is 3. The highest BCUT2D eigenvalue weighted by Gasteiger charge is 2.29. The average Bonchev–Trinajstić information content (AvgIpc) is 3.48. The van der Waals surface area contributed by atoms with Gasteiger partial charge in [0, 0.05) is 53.9 Å². The number of fused-ring (bicyclic) bond motifs is 2. The summed E-state index contributed by atoms with van der Waals surface area (Å²) in [6.07, 6.45) is 4.26. The van der Waals surface area contributed by atoms with Gasteiger partial charge in [0.05, 0.1) is 22.1 Å². The molecular weight excluding hydrogens is 485 g/mol. The van der Waals surface area contributed by atoms with Gasteiger partial charge in [-0.2, -0.15) is 5.10 Å². The van der Waals surface area contributed by atoms with Crippen molar-refractivity contribution in [3.63, 3.8) is 0 Å². The highest BCUT2D eigenvalue weighted by Crippen LogP contribution is 2.38. The smallest absolute Gasteiger partial charge is 0.134 e. The summed E-state index contributed by atoms with van der Waals surface area (Å²) in [5.41, 5.74) is 8.37. The first-order chi connectivity index (χ1) is 17.9. The molecule has 1 aliphatic rings. The molecule has 0 bridgehead atoms. The number of anilines is 1. The Morgan fingerprint density at radius 3 is 2.49 bits per heavy atom. The number of hydrogen-bond donors (Lipinski definition) is 1. The molecule has 1 N–H and O–H groups in total. The maximum atomic E-state index is 15.7. The summed E-state index contributed by atoms with van der Waals surface area (Å²) < 4.78 is 17.6. The molecule has 5 aromatic rings. The molecule has 0 unspecified atom stereocenters. The highest BCUT2D eigenvalue weighted by atomic mass is 35.5. The molecular formula is C30H31ClFN5. The number of para-hydroxylation sites is 1. The van der Waals surface area contributed by atoms with Crippen molar-refractivity contribution >= 4 is 28.3 Å². The minimum atomic E-state index is -0.270. The second-order valence-electron chi connectivity index (χ2n) is 9.29. The predicted molar refractivity (Wildman–Crippen MR) is 150 cm³/mol. The van der Waals surface area contributed by atoms with E-state index in [0.29, 0.717) is 17.1 Å². The summed E-state index contributed by atoms with van der Waals surface area (Å²) in [5.74, 6) is 0.625. The summed E-state index contributed by atoms with van der Waals surface area (Å²) in [5, 5.41) is 6.65. The third-order valence-electron chi connectivity index (χ3n) is 6.90. The van der Waals surface area contributed by atoms with Crippen molar-refractivity contribution in [2.45, 2.75) is 47.6 Å². The van der Waals surface area contributed by atoms with Crippen LogP contribution in [0.15, 0.2) is 54.9 Å². The zero-order chi connectivity index (χ0) is 26.3. The van der Waals surface area contributed by atoms with E-state index in [9.17, 15) is 0 Å². The SMILES string of the molecule is CC.Cc1cc(Cl)cnc1N1CCc2nn(-c3c(C)cccc3C)c(-c3cc4cc[nH]c4cc3F)c2C1. The number of nitrogens with zero attached hydrogens (tertiary/aromatic N) is 4. The van der Waals surface area contributed by atoms with Crippen LogP contribution in [0.25, 0.3) is 27.8 Å². The Hall–Kier alpha value is -3.64. The van der Waals surface area contributed by atoms with E-state index in [1.54, 1.807) is 12.3 Å². The molecule has 7 heteroatoms. The number of halogens is 2. The molecule has 0 fully saturated rings. The second-order valence-corrected chi connectivity index (χ2v) is 9.73. The van der Waals surface area contributed by atoms with Crippen LogP contribution in [0.2, 0.25) is 5.02 Å². The van der Waals surface area contributed by atoms with Gasteiger partial charge < -0.3 is 9.88 Å². The van der Waals surface area contributed by atoms with Crippen molar-refractivity contribution in [2.24, 2.45) is 0 Å². The molecule has 3 aromatic heterocycles. The zero-order valence-corrected chi connectivity index (χ0v) is 22.6. The van der Waals surface area contributed by atoms with Crippen LogP contribution in [0.1, 0.15) is 41.8 Å². The molecule has 5 nitrogen and oxygen atoms in total. The number of H-pyrrole nitrogens is 1. The lowest BCUT2D eigenvalue weighted by Gasteiger charge is -2.29. The standard InChI is InChI=1S/C28H25ClFN5.C2H6/c1-16-5-4-6-17(2)26(16)35-27(21-12-19-7-9-31-25(19)13-23(21)30)22-15-34(10-8-24(22)33-35)28-18(3)11-20(29)14-32-28;1-2/h4-7,9,11-14,31H,8,10,15H2,1-3H3;1-2H3. The third kappa shape index (κ3) is 4.40. The van der Waals surface area contributed by atoms with Gasteiger partial charge in [-0.25, -0.2) is 14.1 Å². The van der Waals surface area contributed by atoms with Crippen LogP contribution in [0.3, 0.4) is 0 Å². The highest BCUT2D eigenvalue weighted by molar-refractivity contribution is 6.30. The van der Waals surface area contributed by atoms with Gasteiger partial charge in [-0.05, 0) is 61.7 Å². The Balaban J connectivity index is 0.00000137. The summed E-state index contributed by atoms with van der Waals surface area (Å²) in [6.45, 7) is 11.5. The van der Waals surface area contributed by atoms with E-state index in [-0.39, 0.29) is 5.82 Å². The molecule has 0 saturated carbocycles. The molecule has 0 spiro atoms. The van der Waals surface area contributed by atoms with Gasteiger partial charge in [-0.3, -0.25) is 0 Å². The summed E-state index contributed by atoms with van der Waals surface area (Å²) in [4.78, 5) is 9.96. The second kappa shape index (κ2) is 10.0. The van der Waals surface area contributed by atoms with E-state index in [1.165, 1.54) is 0 Å². The lowest BCUT2D eigenvalue weighted by Crippen LogP contribution is -2.31. The van der Waals surface area contributed by atoms with Gasteiger partial charge in [0.2, 0.25) is 0 Å². The van der Waals surface area contributed by atoms with Gasteiger partial charge in [-0.15, -0.1) is 0 Å². The molecule has 1 aliphatic heterocycles. The lowest BCUT2D eigenvalue weighted by atomic mass is 9.98. The van der Waals surface area contributed by atoms with Crippen molar-refractivity contribution in [3.05, 3.63) is 93.6 Å². The molecule has 0 saturated heterocycles. The lowest BCUT2D eigenvalue weighted by molar-refractivity contribution is 0.631. The average molecular weight is 516 g/mol. The Kier molecular flexibility index (Phi) is 6.78. The molecule has 0 atom stereocenters. The van der Waals surface area contributed by atoms with Crippen molar-refractivity contribution in [3.8, 4) is 16.9 Å². The minimum absolute atomic E-state index is 0.270. The molecule has 2 aromatic carbocycles. The first-order valence-electron chi connectivity index (χ1n) is 12.7. The molecule has 37 heavy (non-hydrogen) atoms. The molecule has 6 rings (SSSR count). The van der Waals surface area contributed by atoms with E-state index in [0.717, 1.165) is 69.0 Å². The van der Waals surface area contributed by atoms with Gasteiger partial charge in [0.15, 0.2) is 0 Å². The number of nitrogens with one attached hydrogen (secondary N) is 1. The number of aromatic amines is 1. The van der Waals surface area contributed by atoms with E-state index in [2.05, 4.69) is 40.8 Å². The Morgan fingerprint density at radius 1 is 1.00 bits per heavy atom. The molecule has 4 heterocycles. The number of pyridine rings is 1. The largest absolute Gasteiger partial charge is 0.361 e. The zero-order valence-electron chi connectivity index (χ0n) is 21.9. The van der Waals surface area contributed by atoms with Crippen LogP contribution in [0.5, 0.6) is 0 Å². The van der Waals surface area contributed by atoms with Crippen LogP contribution in [-0.2, 0) is 13.0 Å². The number of aryl methyl sites for hydroxylation is 3. The van der Waals surface area contributed by atoms with E-state index < -0.39 is 0 Å². The van der Waals surface area contributed by atoms with Crippen LogP contribution in [-0.4, -0.2) is 26.3 Å². The van der Waals surface area contributed by atoms with E-state index in [4.69, 9.17) is 16.7 Å². The van der Waals surface area contributed by atoms with Crippen LogP contribution in [0, 0.1) is 26.6 Å². The van der Waals surface area contributed by atoms with Gasteiger partial charge >= 0.3 is 0 Å². The van der Waals surface area contributed by atoms with Crippen molar-refractivity contribution in [1.82, 2.24) is 19.7 Å². The Labute approximate surface area is 221 Å². The Morgan fingerprint density at radius 2 is 1.76 bits per heavy atom. The fraction of sp³-hybridized carbons (Fsp3) is 0.267. The fourth-order valence-electron chi connectivity index (χ4n) is 5.25. The van der Waals surface area contributed by atoms with Crippen molar-refractivity contribution in [1.29, 1.82) is 0 Å². The molecule has 0 aliphatic carbocycles. The maximum absolute atomic E-state index is 15.7. The fourth-order valence-corrected chi connectivity index (χ4v) is 5.46. The number of benzene rings is 2. The van der Waals surface area contributed by atoms with Crippen LogP contribution < -0.4 is 4.90 Å². The third-order valence-corrected chi connectivity index (χ3v) is 7.11. The van der Waals surface area contributed by atoms with Gasteiger partial charge in [0.25, 0.3) is 0 Å². The normalized spacial score (nSPS) is 12.9. The number of aromatic nitrogens is 4.